The van der Waals surface area contributed by atoms with Gasteiger partial charge < -0.3 is 19.7 Å². The molecule has 1 aliphatic rings. The van der Waals surface area contributed by atoms with Crippen LogP contribution in [0.1, 0.15) is 45.1 Å². The van der Waals surface area contributed by atoms with Gasteiger partial charge in [0.1, 0.15) is 29.9 Å². The number of nitrogens with zero attached hydrogens (tertiary/aromatic N) is 2. The van der Waals surface area contributed by atoms with Crippen LogP contribution in [0.15, 0.2) is 77.7 Å². The van der Waals surface area contributed by atoms with Gasteiger partial charge in [-0.2, -0.15) is 0 Å². The van der Waals surface area contributed by atoms with E-state index in [0.717, 1.165) is 42.1 Å². The van der Waals surface area contributed by atoms with Gasteiger partial charge in [0.15, 0.2) is 0 Å². The topological polar surface area (TPSA) is 105 Å². The van der Waals surface area contributed by atoms with Crippen molar-refractivity contribution in [3.63, 3.8) is 0 Å². The van der Waals surface area contributed by atoms with Crippen LogP contribution in [-0.2, 0) is 26.2 Å². The molecule has 1 aliphatic carbocycles. The lowest BCUT2D eigenvalue weighted by atomic mass is 10.1. The average Bonchev–Trinajstić information content (AvgIpc) is 3.52. The Morgan fingerprint density at radius 1 is 1.00 bits per heavy atom. The minimum atomic E-state index is -4.29. The summed E-state index contributed by atoms with van der Waals surface area (Å²) in [5, 5.41) is 3.04. The molecule has 3 aromatic carbocycles. The number of benzene rings is 3. The van der Waals surface area contributed by atoms with E-state index < -0.39 is 34.3 Å². The van der Waals surface area contributed by atoms with Crippen LogP contribution in [-0.4, -0.2) is 57.5 Å². The molecule has 3 aromatic rings. The smallest absolute Gasteiger partial charge is 0.264 e. The molecular weight excluding hydrogens is 573 g/mol. The molecule has 9 nitrogen and oxygen atoms in total. The largest absolute Gasteiger partial charge is 0.497 e. The van der Waals surface area contributed by atoms with E-state index in [0.29, 0.717) is 23.7 Å². The van der Waals surface area contributed by atoms with Gasteiger partial charge in [-0.05, 0) is 92.9 Å². The van der Waals surface area contributed by atoms with E-state index in [1.54, 1.807) is 31.2 Å². The Balaban J connectivity index is 1.68. The van der Waals surface area contributed by atoms with Crippen LogP contribution < -0.4 is 19.1 Å². The number of hydrogen-bond donors (Lipinski definition) is 1. The highest BCUT2D eigenvalue weighted by Gasteiger charge is 2.33. The number of ether oxygens (including phenoxy) is 2. The number of rotatable bonds is 13. The van der Waals surface area contributed by atoms with E-state index in [2.05, 4.69) is 5.32 Å². The number of amides is 2. The first-order chi connectivity index (χ1) is 20.6. The third-order valence-electron chi connectivity index (χ3n) is 7.47. The van der Waals surface area contributed by atoms with E-state index >= 15 is 0 Å². The number of methoxy groups -OCH3 is 1. The van der Waals surface area contributed by atoms with Gasteiger partial charge in [-0.3, -0.25) is 13.9 Å². The number of carbonyl (C=O) groups excluding carboxylic acids is 2. The molecule has 1 unspecified atom stereocenters. The van der Waals surface area contributed by atoms with Crippen LogP contribution in [0, 0.1) is 5.82 Å². The first-order valence-corrected chi connectivity index (χ1v) is 15.8. The maximum atomic E-state index is 14.1. The van der Waals surface area contributed by atoms with Gasteiger partial charge in [0.05, 0.1) is 24.3 Å². The maximum Gasteiger partial charge on any atom is 0.264 e. The maximum absolute atomic E-state index is 14.1. The van der Waals surface area contributed by atoms with Crippen molar-refractivity contribution in [2.75, 3.05) is 24.6 Å². The van der Waals surface area contributed by atoms with E-state index in [9.17, 15) is 22.4 Å². The van der Waals surface area contributed by atoms with Crippen molar-refractivity contribution in [3.8, 4) is 11.5 Å². The van der Waals surface area contributed by atoms with E-state index in [4.69, 9.17) is 9.47 Å². The Morgan fingerprint density at radius 2 is 1.67 bits per heavy atom. The number of carbonyl (C=O) groups is 2. The molecule has 4 rings (SSSR count). The second-order valence-electron chi connectivity index (χ2n) is 10.4. The zero-order valence-corrected chi connectivity index (χ0v) is 25.5. The Labute approximate surface area is 252 Å². The summed E-state index contributed by atoms with van der Waals surface area (Å²) in [7, 11) is -2.75. The monoisotopic (exact) mass is 611 g/mol. The molecule has 11 heteroatoms. The zero-order chi connectivity index (χ0) is 31.0. The van der Waals surface area contributed by atoms with Gasteiger partial charge >= 0.3 is 0 Å². The Kier molecular flexibility index (Phi) is 10.6. The van der Waals surface area contributed by atoms with Crippen molar-refractivity contribution in [1.82, 2.24) is 10.2 Å². The predicted molar refractivity (Wildman–Crippen MR) is 162 cm³/mol. The summed E-state index contributed by atoms with van der Waals surface area (Å²) in [4.78, 5) is 28.7. The average molecular weight is 612 g/mol. The van der Waals surface area contributed by atoms with Gasteiger partial charge in [-0.25, -0.2) is 12.8 Å². The highest BCUT2D eigenvalue weighted by atomic mass is 32.2. The van der Waals surface area contributed by atoms with Crippen molar-refractivity contribution >= 4 is 27.5 Å². The lowest BCUT2D eigenvalue weighted by Gasteiger charge is -2.32. The number of hydrogen-bond acceptors (Lipinski definition) is 6. The molecule has 43 heavy (non-hydrogen) atoms. The molecule has 2 amide bonds. The number of anilines is 1. The molecule has 0 bridgehead atoms. The summed E-state index contributed by atoms with van der Waals surface area (Å²) in [5.74, 6) is -0.386. The minimum Gasteiger partial charge on any atom is -0.497 e. The van der Waals surface area contributed by atoms with E-state index in [-0.39, 0.29) is 29.1 Å². The Hall–Kier alpha value is -4.12. The fraction of sp³-hybridized carbons (Fsp3) is 0.375. The number of halogens is 1. The van der Waals surface area contributed by atoms with E-state index in [1.807, 2.05) is 6.92 Å². The summed E-state index contributed by atoms with van der Waals surface area (Å²) < 4.78 is 53.4. The van der Waals surface area contributed by atoms with Gasteiger partial charge in [0.25, 0.3) is 10.0 Å². The lowest BCUT2D eigenvalue weighted by Crippen LogP contribution is -2.52. The molecule has 1 fully saturated rings. The molecule has 0 radical (unpaired) electrons. The second kappa shape index (κ2) is 14.4. The summed E-state index contributed by atoms with van der Waals surface area (Å²) in [5.41, 5.74) is 0.809. The molecule has 0 saturated heterocycles. The predicted octanol–water partition coefficient (Wildman–Crippen LogP) is 4.90. The molecule has 230 valence electrons. The van der Waals surface area contributed by atoms with Crippen molar-refractivity contribution in [1.29, 1.82) is 0 Å². The first-order valence-electron chi connectivity index (χ1n) is 14.4. The summed E-state index contributed by atoms with van der Waals surface area (Å²) >= 11 is 0. The quantitative estimate of drug-likeness (QED) is 0.295. The highest BCUT2D eigenvalue weighted by Crippen LogP contribution is 2.27. The standard InChI is InChI=1S/C32H38FN3O6S/c1-4-42-28-16-18-30(19-17-28)43(39,40)36(27-14-12-25(33)13-15-27)22-31(37)35(21-24-8-7-11-29(20-24)41-3)23(2)32(38)34-26-9-5-6-10-26/h7-8,11-20,23,26H,4-6,9-10,21-22H2,1-3H3,(H,34,38). The minimum absolute atomic E-state index is 0.0373. The van der Waals surface area contributed by atoms with Crippen molar-refractivity contribution in [3.05, 3.63) is 84.2 Å². The van der Waals surface area contributed by atoms with Gasteiger partial charge in [0, 0.05) is 12.6 Å². The molecule has 0 spiro atoms. The van der Waals surface area contributed by atoms with Crippen LogP contribution in [0.4, 0.5) is 10.1 Å². The molecule has 1 atom stereocenters. The van der Waals surface area contributed by atoms with Crippen LogP contribution in [0.5, 0.6) is 11.5 Å². The van der Waals surface area contributed by atoms with Gasteiger partial charge in [-0.15, -0.1) is 0 Å². The zero-order valence-electron chi connectivity index (χ0n) is 24.7. The van der Waals surface area contributed by atoms with Crippen molar-refractivity contribution < 1.29 is 31.9 Å². The fourth-order valence-electron chi connectivity index (χ4n) is 5.08. The molecule has 0 aliphatic heterocycles. The normalized spacial score (nSPS) is 14.1. The molecule has 0 heterocycles. The van der Waals surface area contributed by atoms with E-state index in [1.165, 1.54) is 48.4 Å². The van der Waals surface area contributed by atoms with Crippen LogP contribution >= 0.6 is 0 Å². The molecular formula is C32H38FN3O6S. The Bertz CT molecular complexity index is 1490. The number of nitrogens with one attached hydrogen (secondary N) is 1. The summed E-state index contributed by atoms with van der Waals surface area (Å²) in [6.07, 6.45) is 3.81. The second-order valence-corrected chi connectivity index (χ2v) is 12.3. The summed E-state index contributed by atoms with van der Waals surface area (Å²) in [6, 6.07) is 17.0. The first kappa shape index (κ1) is 31.8. The molecule has 1 N–H and O–H groups in total. The third-order valence-corrected chi connectivity index (χ3v) is 9.26. The SMILES string of the molecule is CCOc1ccc(S(=O)(=O)N(CC(=O)N(Cc2cccc(OC)c2)C(C)C(=O)NC2CCCC2)c2ccc(F)cc2)cc1. The molecule has 1 saturated carbocycles. The molecule has 0 aromatic heterocycles. The third kappa shape index (κ3) is 8.04. The number of sulfonamides is 1. The lowest BCUT2D eigenvalue weighted by molar-refractivity contribution is -0.139. The van der Waals surface area contributed by atoms with Crippen molar-refractivity contribution in [2.45, 2.75) is 63.1 Å². The van der Waals surface area contributed by atoms with Crippen LogP contribution in [0.2, 0.25) is 0 Å². The van der Waals surface area contributed by atoms with Crippen molar-refractivity contribution in [2.24, 2.45) is 0 Å². The van der Waals surface area contributed by atoms with Crippen LogP contribution in [0.25, 0.3) is 0 Å². The fourth-order valence-corrected chi connectivity index (χ4v) is 6.49. The highest BCUT2D eigenvalue weighted by molar-refractivity contribution is 7.92. The van der Waals surface area contributed by atoms with Gasteiger partial charge in [-0.1, -0.05) is 25.0 Å². The van der Waals surface area contributed by atoms with Gasteiger partial charge in [0.2, 0.25) is 11.8 Å². The van der Waals surface area contributed by atoms with Crippen LogP contribution in [0.3, 0.4) is 0 Å². The Morgan fingerprint density at radius 3 is 2.30 bits per heavy atom. The summed E-state index contributed by atoms with van der Waals surface area (Å²) in [6.45, 7) is 3.28.